The van der Waals surface area contributed by atoms with E-state index >= 15 is 0 Å². The van der Waals surface area contributed by atoms with Crippen molar-refractivity contribution >= 4 is 17.7 Å². The van der Waals surface area contributed by atoms with Crippen molar-refractivity contribution < 1.29 is 27.9 Å². The molecule has 3 heterocycles. The minimum Gasteiger partial charge on any atom is -0.494 e. The highest BCUT2D eigenvalue weighted by Gasteiger charge is 2.39. The van der Waals surface area contributed by atoms with Crippen LogP contribution in [0.15, 0.2) is 48.7 Å². The number of hydrogen-bond donors (Lipinski definition) is 1. The summed E-state index contributed by atoms with van der Waals surface area (Å²) < 4.78 is 36.1. The van der Waals surface area contributed by atoms with Gasteiger partial charge in [0, 0.05) is 38.3 Å². The zero-order chi connectivity index (χ0) is 29.8. The van der Waals surface area contributed by atoms with E-state index in [9.17, 15) is 23.2 Å². The molecule has 2 bridgehead atoms. The van der Waals surface area contributed by atoms with Gasteiger partial charge in [-0.3, -0.25) is 19.1 Å². The highest BCUT2D eigenvalue weighted by molar-refractivity contribution is 5.97. The third-order valence-corrected chi connectivity index (χ3v) is 7.76. The first-order valence-electron chi connectivity index (χ1n) is 14.3. The Labute approximate surface area is 243 Å². The normalized spacial score (nSPS) is 19.5. The Morgan fingerprint density at radius 1 is 1.05 bits per heavy atom. The molecule has 1 aromatic heterocycles. The van der Waals surface area contributed by atoms with E-state index in [1.165, 1.54) is 21.9 Å². The largest absolute Gasteiger partial charge is 0.494 e. The Bertz CT molecular complexity index is 1480. The van der Waals surface area contributed by atoms with Crippen LogP contribution in [0.1, 0.15) is 64.1 Å². The summed E-state index contributed by atoms with van der Waals surface area (Å²) >= 11 is 0. The Morgan fingerprint density at radius 3 is 2.64 bits per heavy atom. The van der Waals surface area contributed by atoms with E-state index in [0.717, 1.165) is 18.1 Å². The molecular formula is C31H35F2N5O4. The summed E-state index contributed by atoms with van der Waals surface area (Å²) in [4.78, 5) is 43.2. The monoisotopic (exact) mass is 579 g/mol. The highest BCUT2D eigenvalue weighted by Crippen LogP contribution is 2.31. The topological polar surface area (TPSA) is 96.8 Å². The van der Waals surface area contributed by atoms with Gasteiger partial charge in [-0.15, -0.1) is 0 Å². The maximum atomic E-state index is 14.5. The average Bonchev–Trinajstić information content (AvgIpc) is 3.56. The van der Waals surface area contributed by atoms with Crippen LogP contribution in [0, 0.1) is 18.6 Å². The second-order valence-electron chi connectivity index (χ2n) is 10.8. The molecule has 2 aliphatic rings. The molecular weight excluding hydrogens is 544 g/mol. The third kappa shape index (κ3) is 6.29. The van der Waals surface area contributed by atoms with Crippen LogP contribution in [0.25, 0.3) is 0 Å². The van der Waals surface area contributed by atoms with Gasteiger partial charge >= 0.3 is 0 Å². The zero-order valence-corrected chi connectivity index (χ0v) is 23.8. The number of benzene rings is 2. The second-order valence-corrected chi connectivity index (χ2v) is 10.8. The molecule has 2 aromatic carbocycles. The molecule has 1 saturated heterocycles. The molecule has 0 aliphatic carbocycles. The van der Waals surface area contributed by atoms with Crippen molar-refractivity contribution in [1.82, 2.24) is 24.9 Å². The standard InChI is InChI=1S/C31H35F2N5O4/c1-3-12-38-17-24(20(2)35-38)31(41)36-13-4-5-14-42-22-9-6-8-21(15-22)25-16-37(18-27(25)34-28(39)19-36)30(40)23-10-7-11-26(32)29(23)33/h6-11,15,17,25,27H,3-5,12-14,16,18-19H2,1-2H3,(H,34,39)/t25-,27+/m1/s1. The number of nitrogens with zero attached hydrogens (tertiary/aromatic N) is 4. The Balaban J connectivity index is 1.41. The number of carbonyl (C=O) groups is 3. The lowest BCUT2D eigenvalue weighted by Crippen LogP contribution is -2.47. The molecule has 2 aliphatic heterocycles. The summed E-state index contributed by atoms with van der Waals surface area (Å²) in [6, 6.07) is 10.5. The van der Waals surface area contributed by atoms with Crippen LogP contribution in [-0.2, 0) is 11.3 Å². The maximum Gasteiger partial charge on any atom is 0.257 e. The lowest BCUT2D eigenvalue weighted by atomic mass is 9.94. The van der Waals surface area contributed by atoms with E-state index in [4.69, 9.17) is 4.74 Å². The molecule has 0 radical (unpaired) electrons. The van der Waals surface area contributed by atoms with E-state index in [0.29, 0.717) is 49.5 Å². The van der Waals surface area contributed by atoms with Gasteiger partial charge in [0.25, 0.3) is 11.8 Å². The number of carbonyl (C=O) groups excluding carboxylic acids is 3. The number of aryl methyl sites for hydroxylation is 2. The molecule has 0 unspecified atom stereocenters. The second kappa shape index (κ2) is 12.7. The fraction of sp³-hybridized carbons (Fsp3) is 0.419. The van der Waals surface area contributed by atoms with E-state index in [-0.39, 0.29) is 42.9 Å². The SMILES string of the molecule is CCCn1cc(C(=O)N2CCCCOc3cccc(c3)[C@H]3CN(C(=O)c4cccc(F)c4F)C[C@@H]3NC(=O)C2)c(C)n1. The number of halogens is 2. The van der Waals surface area contributed by atoms with E-state index in [2.05, 4.69) is 10.4 Å². The van der Waals surface area contributed by atoms with Gasteiger partial charge in [-0.25, -0.2) is 8.78 Å². The van der Waals surface area contributed by atoms with Crippen molar-refractivity contribution in [2.24, 2.45) is 0 Å². The fourth-order valence-corrected chi connectivity index (χ4v) is 5.64. The van der Waals surface area contributed by atoms with Crippen molar-refractivity contribution in [3.05, 3.63) is 82.7 Å². The van der Waals surface area contributed by atoms with Crippen LogP contribution in [-0.4, -0.2) is 76.1 Å². The molecule has 1 N–H and O–H groups in total. The number of nitrogens with one attached hydrogen (secondary N) is 1. The summed E-state index contributed by atoms with van der Waals surface area (Å²) in [6.45, 7) is 5.38. The quantitative estimate of drug-likeness (QED) is 0.506. The van der Waals surface area contributed by atoms with Crippen LogP contribution in [0.4, 0.5) is 8.78 Å². The molecule has 42 heavy (non-hydrogen) atoms. The Morgan fingerprint density at radius 2 is 1.83 bits per heavy atom. The van der Waals surface area contributed by atoms with Gasteiger partial charge in [-0.1, -0.05) is 25.1 Å². The van der Waals surface area contributed by atoms with Crippen LogP contribution >= 0.6 is 0 Å². The number of aromatic nitrogens is 2. The first-order chi connectivity index (χ1) is 20.2. The smallest absolute Gasteiger partial charge is 0.257 e. The van der Waals surface area contributed by atoms with Gasteiger partial charge in [0.05, 0.1) is 36.0 Å². The van der Waals surface area contributed by atoms with Gasteiger partial charge in [0.15, 0.2) is 11.6 Å². The summed E-state index contributed by atoms with van der Waals surface area (Å²) in [7, 11) is 0. The van der Waals surface area contributed by atoms with Gasteiger partial charge in [-0.05, 0) is 56.0 Å². The van der Waals surface area contributed by atoms with Gasteiger partial charge in [0.2, 0.25) is 5.91 Å². The van der Waals surface area contributed by atoms with Crippen molar-refractivity contribution in [3.63, 3.8) is 0 Å². The molecule has 2 atom stereocenters. The maximum absolute atomic E-state index is 14.5. The van der Waals surface area contributed by atoms with Crippen LogP contribution in [0.3, 0.4) is 0 Å². The minimum absolute atomic E-state index is 0.0904. The van der Waals surface area contributed by atoms with E-state index < -0.39 is 23.6 Å². The number of hydrogen-bond acceptors (Lipinski definition) is 5. The van der Waals surface area contributed by atoms with E-state index in [1.54, 1.807) is 17.8 Å². The molecule has 222 valence electrons. The van der Waals surface area contributed by atoms with Gasteiger partial charge < -0.3 is 19.9 Å². The van der Waals surface area contributed by atoms with Crippen molar-refractivity contribution in [2.45, 2.75) is 51.6 Å². The van der Waals surface area contributed by atoms with Gasteiger partial charge in [-0.2, -0.15) is 5.10 Å². The van der Waals surface area contributed by atoms with Crippen LogP contribution < -0.4 is 10.1 Å². The zero-order valence-electron chi connectivity index (χ0n) is 23.8. The van der Waals surface area contributed by atoms with Crippen molar-refractivity contribution in [1.29, 1.82) is 0 Å². The van der Waals surface area contributed by atoms with Crippen LogP contribution in [0.2, 0.25) is 0 Å². The highest BCUT2D eigenvalue weighted by atomic mass is 19.2. The molecule has 3 aromatic rings. The molecule has 0 spiro atoms. The number of ether oxygens (including phenoxy) is 1. The Kier molecular flexibility index (Phi) is 8.84. The first kappa shape index (κ1) is 29.2. The Hall–Kier alpha value is -4.28. The van der Waals surface area contributed by atoms with Crippen molar-refractivity contribution in [2.75, 3.05) is 32.8 Å². The molecule has 1 fully saturated rings. The third-order valence-electron chi connectivity index (χ3n) is 7.76. The number of likely N-dealkylation sites (tertiary alicyclic amines) is 1. The average molecular weight is 580 g/mol. The fourth-order valence-electron chi connectivity index (χ4n) is 5.64. The van der Waals surface area contributed by atoms with Gasteiger partial charge in [0.1, 0.15) is 5.75 Å². The molecule has 3 amide bonds. The molecule has 0 saturated carbocycles. The first-order valence-corrected chi connectivity index (χ1v) is 14.3. The number of amides is 3. The summed E-state index contributed by atoms with van der Waals surface area (Å²) in [6.07, 6.45) is 3.91. The van der Waals surface area contributed by atoms with E-state index in [1.807, 2.05) is 31.2 Å². The predicted molar refractivity (Wildman–Crippen MR) is 151 cm³/mol. The predicted octanol–water partition coefficient (Wildman–Crippen LogP) is 3.92. The van der Waals surface area contributed by atoms with Crippen LogP contribution in [0.5, 0.6) is 5.75 Å². The number of rotatable bonds is 4. The molecule has 9 nitrogen and oxygen atoms in total. The molecule has 11 heteroatoms. The minimum atomic E-state index is -1.20. The van der Waals surface area contributed by atoms with Crippen molar-refractivity contribution in [3.8, 4) is 5.75 Å². The molecule has 5 rings (SSSR count). The summed E-state index contributed by atoms with van der Waals surface area (Å²) in [5.41, 5.74) is 1.54. The number of fused-ring (bicyclic) bond motifs is 4. The summed E-state index contributed by atoms with van der Waals surface area (Å²) in [5, 5.41) is 7.46. The lowest BCUT2D eigenvalue weighted by Gasteiger charge is -2.25. The lowest BCUT2D eigenvalue weighted by molar-refractivity contribution is -0.122. The summed E-state index contributed by atoms with van der Waals surface area (Å²) in [5.74, 6) is -3.28.